The fraction of sp³-hybridized carbons (Fsp3) is 0.400. The zero-order chi connectivity index (χ0) is 24.5. The molecule has 4 heterocycles. The zero-order valence-electron chi connectivity index (χ0n) is 19.9. The van der Waals surface area contributed by atoms with Crippen LogP contribution in [0.25, 0.3) is 11.5 Å². The summed E-state index contributed by atoms with van der Waals surface area (Å²) in [5, 5.41) is 10.8. The van der Waals surface area contributed by atoms with Gasteiger partial charge in [0.1, 0.15) is 23.7 Å². The summed E-state index contributed by atoms with van der Waals surface area (Å²) in [6.07, 6.45) is 4.24. The quantitative estimate of drug-likeness (QED) is 0.615. The number of urea groups is 1. The lowest BCUT2D eigenvalue weighted by Gasteiger charge is -2.32. The molecule has 10 heteroatoms. The number of benzene rings is 1. The first-order valence-corrected chi connectivity index (χ1v) is 11.9. The number of amides is 3. The molecule has 1 N–H and O–H groups in total. The standard InChI is InChI=1S/C25H28FN7O2/c1-16(2)33-15-27-30-23(33)21-6-5-7-22(28-21)29-24(34)19-12-18-14-32(11-8-17(18)13-20(19)26)25(35)31-9-3-4-10-31/h5-7,12-13,15-16H,3-4,8-11,14H2,1-2H3,(H,28,29,34). The van der Waals surface area contributed by atoms with Crippen LogP contribution in [0.15, 0.2) is 36.7 Å². The van der Waals surface area contributed by atoms with Gasteiger partial charge in [-0.1, -0.05) is 6.07 Å². The van der Waals surface area contributed by atoms with Crippen molar-refractivity contribution in [3.05, 3.63) is 59.2 Å². The number of hydrogen-bond donors (Lipinski definition) is 1. The number of nitrogens with one attached hydrogen (secondary N) is 1. The van der Waals surface area contributed by atoms with Crippen molar-refractivity contribution in [3.8, 4) is 11.5 Å². The molecule has 2 aliphatic heterocycles. The molecule has 3 amide bonds. The molecular formula is C25H28FN7O2. The van der Waals surface area contributed by atoms with Crippen LogP contribution >= 0.6 is 0 Å². The smallest absolute Gasteiger partial charge is 0.320 e. The van der Waals surface area contributed by atoms with Gasteiger partial charge >= 0.3 is 6.03 Å². The molecular weight excluding hydrogens is 449 g/mol. The number of carbonyl (C=O) groups excluding carboxylic acids is 2. The number of rotatable bonds is 4. The molecule has 0 unspecified atom stereocenters. The highest BCUT2D eigenvalue weighted by Gasteiger charge is 2.28. The normalized spacial score (nSPS) is 15.4. The fourth-order valence-corrected chi connectivity index (χ4v) is 4.64. The van der Waals surface area contributed by atoms with E-state index < -0.39 is 11.7 Å². The highest BCUT2D eigenvalue weighted by molar-refractivity contribution is 6.04. The molecule has 5 rings (SSSR count). The van der Waals surface area contributed by atoms with Crippen molar-refractivity contribution in [2.75, 3.05) is 25.0 Å². The van der Waals surface area contributed by atoms with Crippen LogP contribution in [0.4, 0.5) is 15.0 Å². The van der Waals surface area contributed by atoms with Gasteiger partial charge in [-0.15, -0.1) is 10.2 Å². The molecule has 182 valence electrons. The van der Waals surface area contributed by atoms with Crippen molar-refractivity contribution < 1.29 is 14.0 Å². The highest BCUT2D eigenvalue weighted by atomic mass is 19.1. The topological polar surface area (TPSA) is 96.2 Å². The van der Waals surface area contributed by atoms with Crippen molar-refractivity contribution in [2.24, 2.45) is 0 Å². The third-order valence-electron chi connectivity index (χ3n) is 6.54. The van der Waals surface area contributed by atoms with Gasteiger partial charge in [0, 0.05) is 32.2 Å². The fourth-order valence-electron chi connectivity index (χ4n) is 4.64. The molecule has 2 aliphatic rings. The Hall–Kier alpha value is -3.82. The first-order valence-electron chi connectivity index (χ1n) is 11.9. The van der Waals surface area contributed by atoms with Crippen molar-refractivity contribution in [3.63, 3.8) is 0 Å². The lowest BCUT2D eigenvalue weighted by atomic mass is 9.96. The molecule has 0 aliphatic carbocycles. The van der Waals surface area contributed by atoms with Crippen LogP contribution in [0.2, 0.25) is 0 Å². The SMILES string of the molecule is CC(C)n1cnnc1-c1cccc(NC(=O)c2cc3c(cc2F)CCN(C(=O)N2CCCC2)C3)n1. The Balaban J connectivity index is 1.35. The number of nitrogens with zero attached hydrogens (tertiary/aromatic N) is 6. The van der Waals surface area contributed by atoms with E-state index in [1.54, 1.807) is 35.5 Å². The Labute approximate surface area is 203 Å². The van der Waals surface area contributed by atoms with Crippen LogP contribution in [0, 0.1) is 5.82 Å². The van der Waals surface area contributed by atoms with E-state index in [2.05, 4.69) is 20.5 Å². The third-order valence-corrected chi connectivity index (χ3v) is 6.54. The minimum absolute atomic E-state index is 0.0127. The van der Waals surface area contributed by atoms with Crippen LogP contribution in [-0.4, -0.2) is 61.1 Å². The molecule has 35 heavy (non-hydrogen) atoms. The van der Waals surface area contributed by atoms with Crippen molar-refractivity contribution >= 4 is 17.8 Å². The minimum Gasteiger partial charge on any atom is -0.325 e. The lowest BCUT2D eigenvalue weighted by molar-refractivity contribution is 0.102. The lowest BCUT2D eigenvalue weighted by Crippen LogP contribution is -2.44. The van der Waals surface area contributed by atoms with Gasteiger partial charge in [0.25, 0.3) is 5.91 Å². The van der Waals surface area contributed by atoms with Gasteiger partial charge in [0.05, 0.1) is 5.56 Å². The van der Waals surface area contributed by atoms with Gasteiger partial charge in [0.15, 0.2) is 5.82 Å². The average Bonchev–Trinajstić information content (AvgIpc) is 3.55. The summed E-state index contributed by atoms with van der Waals surface area (Å²) in [5.74, 6) is -0.313. The van der Waals surface area contributed by atoms with E-state index in [0.717, 1.165) is 37.1 Å². The van der Waals surface area contributed by atoms with E-state index in [4.69, 9.17) is 0 Å². The molecule has 1 saturated heterocycles. The van der Waals surface area contributed by atoms with Gasteiger partial charge in [-0.2, -0.15) is 0 Å². The maximum Gasteiger partial charge on any atom is 0.320 e. The van der Waals surface area contributed by atoms with Crippen molar-refractivity contribution in [2.45, 2.75) is 45.7 Å². The van der Waals surface area contributed by atoms with Crippen LogP contribution in [-0.2, 0) is 13.0 Å². The van der Waals surface area contributed by atoms with Crippen molar-refractivity contribution in [1.29, 1.82) is 0 Å². The summed E-state index contributed by atoms with van der Waals surface area (Å²) in [6, 6.07) is 8.30. The Kier molecular flexibility index (Phi) is 6.19. The summed E-state index contributed by atoms with van der Waals surface area (Å²) in [6.45, 7) is 6.49. The molecule has 0 bridgehead atoms. The van der Waals surface area contributed by atoms with Crippen LogP contribution in [0.3, 0.4) is 0 Å². The second kappa shape index (κ2) is 9.44. The van der Waals surface area contributed by atoms with E-state index >= 15 is 0 Å². The summed E-state index contributed by atoms with van der Waals surface area (Å²) < 4.78 is 16.8. The average molecular weight is 478 g/mol. The number of carbonyl (C=O) groups is 2. The predicted octanol–water partition coefficient (Wildman–Crippen LogP) is 3.89. The highest BCUT2D eigenvalue weighted by Crippen LogP contribution is 2.25. The largest absolute Gasteiger partial charge is 0.325 e. The van der Waals surface area contributed by atoms with Gasteiger partial charge in [0.2, 0.25) is 0 Å². The van der Waals surface area contributed by atoms with Crippen LogP contribution in [0.5, 0.6) is 0 Å². The molecule has 1 aromatic carbocycles. The first kappa shape index (κ1) is 22.9. The molecule has 3 aromatic rings. The summed E-state index contributed by atoms with van der Waals surface area (Å²) in [4.78, 5) is 33.9. The molecule has 0 saturated carbocycles. The summed E-state index contributed by atoms with van der Waals surface area (Å²) in [7, 11) is 0. The third kappa shape index (κ3) is 4.60. The number of aromatic nitrogens is 4. The van der Waals surface area contributed by atoms with Gasteiger partial charge in [-0.3, -0.25) is 4.79 Å². The van der Waals surface area contributed by atoms with E-state index in [-0.39, 0.29) is 23.5 Å². The molecule has 0 radical (unpaired) electrons. The number of anilines is 1. The minimum atomic E-state index is -0.594. The Morgan fingerprint density at radius 2 is 1.86 bits per heavy atom. The van der Waals surface area contributed by atoms with Gasteiger partial charge in [-0.25, -0.2) is 14.2 Å². The molecule has 9 nitrogen and oxygen atoms in total. The maximum absolute atomic E-state index is 14.9. The number of halogens is 1. The molecule has 1 fully saturated rings. The van der Waals surface area contributed by atoms with Crippen LogP contribution in [0.1, 0.15) is 54.2 Å². The number of hydrogen-bond acceptors (Lipinski definition) is 5. The Morgan fingerprint density at radius 1 is 1.06 bits per heavy atom. The summed E-state index contributed by atoms with van der Waals surface area (Å²) >= 11 is 0. The second-order valence-corrected chi connectivity index (χ2v) is 9.27. The second-order valence-electron chi connectivity index (χ2n) is 9.27. The van der Waals surface area contributed by atoms with E-state index in [9.17, 15) is 14.0 Å². The number of pyridine rings is 1. The van der Waals surface area contributed by atoms with E-state index in [0.29, 0.717) is 31.0 Å². The maximum atomic E-state index is 14.9. The van der Waals surface area contributed by atoms with E-state index in [1.807, 2.05) is 23.3 Å². The Bertz CT molecular complexity index is 1270. The zero-order valence-corrected chi connectivity index (χ0v) is 19.9. The number of fused-ring (bicyclic) bond motifs is 1. The molecule has 2 aromatic heterocycles. The first-order chi connectivity index (χ1) is 16.9. The predicted molar refractivity (Wildman–Crippen MR) is 128 cm³/mol. The van der Waals surface area contributed by atoms with E-state index in [1.165, 1.54) is 6.07 Å². The molecule has 0 spiro atoms. The van der Waals surface area contributed by atoms with Gasteiger partial charge in [-0.05, 0) is 68.5 Å². The van der Waals surface area contributed by atoms with Gasteiger partial charge < -0.3 is 19.7 Å². The Morgan fingerprint density at radius 3 is 2.63 bits per heavy atom. The molecule has 0 atom stereocenters. The number of likely N-dealkylation sites (tertiary alicyclic amines) is 1. The summed E-state index contributed by atoms with van der Waals surface area (Å²) in [5.41, 5.74) is 2.10. The van der Waals surface area contributed by atoms with Crippen LogP contribution < -0.4 is 5.32 Å². The van der Waals surface area contributed by atoms with Crippen molar-refractivity contribution in [1.82, 2.24) is 29.5 Å². The monoisotopic (exact) mass is 477 g/mol.